The molecule has 0 radical (unpaired) electrons. The average molecular weight is 819 g/mol. The molecule has 4 aliphatic heterocycles. The molecular weight excluding hydrogens is 775 g/mol. The standard InChI is InChI=1S/C44H44F2N8O4S/c45-32-15-20-53(26-32)59(57)50-41-10-8-39(46)42(38(41)23-47)58-35-6-9-40-37(22-35)44(56)54(27-49-40)34-4-2-33(3-5-34)52-18-11-28(12-19-52)25-51-16-13-29(14-17-51)30-1-7-36-31(21-30)24-48-43(36)55/h1-10,21-22,27-29,32,50H,11-20,24-26H2,(H,48,55). The number of benzene rings is 4. The Morgan fingerprint density at radius 2 is 1.71 bits per heavy atom. The van der Waals surface area contributed by atoms with Gasteiger partial charge in [0.25, 0.3) is 11.5 Å². The molecular formula is C44H44F2N8O4S. The number of carbonyl (C=O) groups is 1. The highest BCUT2D eigenvalue weighted by Crippen LogP contribution is 2.36. The molecule has 5 heterocycles. The van der Waals surface area contributed by atoms with E-state index in [0.717, 1.165) is 81.3 Å². The molecule has 0 aliphatic carbocycles. The van der Waals surface area contributed by atoms with E-state index in [0.29, 0.717) is 29.6 Å². The van der Waals surface area contributed by atoms with Gasteiger partial charge in [-0.15, -0.1) is 4.31 Å². The molecule has 3 fully saturated rings. The van der Waals surface area contributed by atoms with Crippen LogP contribution in [0.5, 0.6) is 11.5 Å². The number of aromatic nitrogens is 2. The summed E-state index contributed by atoms with van der Waals surface area (Å²) in [4.78, 5) is 35.3. The topological polar surface area (TPSA) is 142 Å². The van der Waals surface area contributed by atoms with Crippen LogP contribution >= 0.6 is 0 Å². The first-order chi connectivity index (χ1) is 28.7. The predicted octanol–water partition coefficient (Wildman–Crippen LogP) is 6.56. The van der Waals surface area contributed by atoms with Gasteiger partial charge in [-0.1, -0.05) is 12.1 Å². The number of ether oxygens (including phenoxy) is 1. The molecule has 304 valence electrons. The molecule has 59 heavy (non-hydrogen) atoms. The zero-order valence-electron chi connectivity index (χ0n) is 32.4. The monoisotopic (exact) mass is 818 g/mol. The number of alkyl halides is 1. The third-order valence-electron chi connectivity index (χ3n) is 12.2. The van der Waals surface area contributed by atoms with Crippen molar-refractivity contribution >= 4 is 39.7 Å². The fourth-order valence-corrected chi connectivity index (χ4v) is 9.89. The zero-order valence-corrected chi connectivity index (χ0v) is 33.2. The van der Waals surface area contributed by atoms with Crippen molar-refractivity contribution in [2.45, 2.75) is 50.7 Å². The van der Waals surface area contributed by atoms with E-state index in [1.54, 1.807) is 6.07 Å². The zero-order chi connectivity index (χ0) is 40.6. The maximum atomic E-state index is 15.1. The number of anilines is 2. The van der Waals surface area contributed by atoms with Crippen LogP contribution in [0, 0.1) is 23.1 Å². The van der Waals surface area contributed by atoms with Crippen LogP contribution in [0.4, 0.5) is 20.2 Å². The molecule has 0 spiro atoms. The van der Waals surface area contributed by atoms with Crippen LogP contribution in [0.25, 0.3) is 16.6 Å². The second-order valence-corrected chi connectivity index (χ2v) is 17.1. The minimum absolute atomic E-state index is 0.0121. The lowest BCUT2D eigenvalue weighted by Crippen LogP contribution is -2.41. The molecule has 1 amide bonds. The summed E-state index contributed by atoms with van der Waals surface area (Å²) < 4.78 is 53.0. The van der Waals surface area contributed by atoms with E-state index in [4.69, 9.17) is 4.74 Å². The SMILES string of the molecule is N#Cc1c(N[S+]([O-])N2CCC(F)C2)ccc(F)c1Oc1ccc2ncn(-c3ccc(N4CCC(CN5CCC(c6ccc7c(c6)CNC7=O)CC5)CC4)cc3)c(=O)c2c1. The van der Waals surface area contributed by atoms with E-state index < -0.39 is 29.3 Å². The first-order valence-corrected chi connectivity index (χ1v) is 21.3. The highest BCUT2D eigenvalue weighted by Gasteiger charge is 2.33. The van der Waals surface area contributed by atoms with Crippen molar-refractivity contribution in [1.82, 2.24) is 24.1 Å². The van der Waals surface area contributed by atoms with E-state index in [9.17, 15) is 23.8 Å². The number of nitrogens with one attached hydrogen (secondary N) is 2. The molecule has 2 atom stereocenters. The number of piperidine rings is 2. The second kappa shape index (κ2) is 16.6. The van der Waals surface area contributed by atoms with E-state index >= 15 is 4.39 Å². The quantitative estimate of drug-likeness (QED) is 0.149. The Hall–Kier alpha value is -5.53. The second-order valence-electron chi connectivity index (χ2n) is 15.9. The van der Waals surface area contributed by atoms with Gasteiger partial charge in [0.05, 0.1) is 23.1 Å². The van der Waals surface area contributed by atoms with Gasteiger partial charge in [-0.3, -0.25) is 14.2 Å². The fraction of sp³-hybridized carbons (Fsp3) is 0.364. The van der Waals surface area contributed by atoms with Crippen molar-refractivity contribution in [3.63, 3.8) is 0 Å². The van der Waals surface area contributed by atoms with Gasteiger partial charge in [-0.2, -0.15) is 9.98 Å². The Balaban J connectivity index is 0.816. The van der Waals surface area contributed by atoms with Crippen molar-refractivity contribution in [2.24, 2.45) is 5.92 Å². The number of likely N-dealkylation sites (tertiary alicyclic amines) is 1. The average Bonchev–Trinajstić information content (AvgIpc) is 3.87. The Bertz CT molecular complexity index is 2480. The number of halogens is 2. The molecule has 9 rings (SSSR count). The molecule has 1 aromatic heterocycles. The van der Waals surface area contributed by atoms with E-state index in [1.807, 2.05) is 36.4 Å². The summed E-state index contributed by atoms with van der Waals surface area (Å²) in [7, 11) is 0. The summed E-state index contributed by atoms with van der Waals surface area (Å²) in [5, 5.41) is 13.1. The van der Waals surface area contributed by atoms with Crippen molar-refractivity contribution in [2.75, 3.05) is 55.4 Å². The van der Waals surface area contributed by atoms with Crippen molar-refractivity contribution in [3.05, 3.63) is 118 Å². The lowest BCUT2D eigenvalue weighted by atomic mass is 9.87. The van der Waals surface area contributed by atoms with Crippen LogP contribution in [0.3, 0.4) is 0 Å². The van der Waals surface area contributed by atoms with E-state index in [-0.39, 0.29) is 53.4 Å². The van der Waals surface area contributed by atoms with E-state index in [2.05, 4.69) is 37.0 Å². The van der Waals surface area contributed by atoms with Crippen LogP contribution in [0.1, 0.15) is 65.1 Å². The van der Waals surface area contributed by atoms with Crippen molar-refractivity contribution in [1.29, 1.82) is 5.26 Å². The van der Waals surface area contributed by atoms with Gasteiger partial charge in [0.2, 0.25) is 0 Å². The fourth-order valence-electron chi connectivity index (χ4n) is 8.83. The van der Waals surface area contributed by atoms with Crippen LogP contribution in [0.2, 0.25) is 0 Å². The lowest BCUT2D eigenvalue weighted by molar-refractivity contribution is 0.0965. The molecule has 2 N–H and O–H groups in total. The smallest absolute Gasteiger partial charge is 0.265 e. The Kier molecular flexibility index (Phi) is 11.0. The number of nitriles is 1. The van der Waals surface area contributed by atoms with Gasteiger partial charge < -0.3 is 24.4 Å². The van der Waals surface area contributed by atoms with Gasteiger partial charge in [-0.05, 0) is 129 Å². The Morgan fingerprint density at radius 3 is 2.46 bits per heavy atom. The molecule has 4 aliphatic rings. The number of amides is 1. The minimum atomic E-state index is -1.85. The predicted molar refractivity (Wildman–Crippen MR) is 222 cm³/mol. The summed E-state index contributed by atoms with van der Waals surface area (Å²) in [6.45, 7) is 6.14. The van der Waals surface area contributed by atoms with Gasteiger partial charge in [0, 0.05) is 44.0 Å². The number of hydrogen-bond acceptors (Lipinski definition) is 10. The molecule has 4 aromatic carbocycles. The van der Waals surface area contributed by atoms with Crippen LogP contribution in [-0.2, 0) is 18.1 Å². The van der Waals surface area contributed by atoms with Gasteiger partial charge in [-0.25, -0.2) is 13.8 Å². The highest BCUT2D eigenvalue weighted by molar-refractivity contribution is 7.90. The molecule has 0 saturated carbocycles. The largest absolute Gasteiger partial charge is 0.573 e. The molecule has 0 bridgehead atoms. The summed E-state index contributed by atoms with van der Waals surface area (Å²) in [6.07, 6.45) is 5.15. The number of carbonyl (C=O) groups excluding carboxylic acids is 1. The van der Waals surface area contributed by atoms with Gasteiger partial charge in [0.1, 0.15) is 35.6 Å². The Labute approximate surface area is 343 Å². The third-order valence-corrected chi connectivity index (χ3v) is 13.4. The number of nitrogens with zero attached hydrogens (tertiary/aromatic N) is 6. The van der Waals surface area contributed by atoms with Crippen LogP contribution in [0.15, 0.2) is 83.9 Å². The highest BCUT2D eigenvalue weighted by atomic mass is 32.2. The molecule has 2 unspecified atom stereocenters. The molecule has 15 heteroatoms. The Morgan fingerprint density at radius 1 is 0.932 bits per heavy atom. The normalized spacial score (nSPS) is 19.7. The maximum Gasteiger partial charge on any atom is 0.265 e. The number of hydrogen-bond donors (Lipinski definition) is 2. The van der Waals surface area contributed by atoms with Gasteiger partial charge in [0.15, 0.2) is 23.1 Å². The first-order valence-electron chi connectivity index (χ1n) is 20.2. The summed E-state index contributed by atoms with van der Waals surface area (Å²) in [6, 6.07) is 23.1. The number of rotatable bonds is 10. The molecule has 3 saturated heterocycles. The van der Waals surface area contributed by atoms with E-state index in [1.165, 1.54) is 39.0 Å². The van der Waals surface area contributed by atoms with Crippen molar-refractivity contribution in [3.8, 4) is 23.3 Å². The maximum absolute atomic E-state index is 15.1. The van der Waals surface area contributed by atoms with Gasteiger partial charge >= 0.3 is 0 Å². The summed E-state index contributed by atoms with van der Waals surface area (Å²) >= 11 is -1.85. The summed E-state index contributed by atoms with van der Waals surface area (Å²) in [5.41, 5.74) is 4.96. The lowest BCUT2D eigenvalue weighted by Gasteiger charge is -2.38. The first kappa shape index (κ1) is 39.0. The summed E-state index contributed by atoms with van der Waals surface area (Å²) in [5.74, 6) is 0.118. The third kappa shape index (κ3) is 8.10. The van der Waals surface area contributed by atoms with Crippen molar-refractivity contribution < 1.29 is 22.9 Å². The molecule has 12 nitrogen and oxygen atoms in total. The number of fused-ring (bicyclic) bond motifs is 2. The van der Waals surface area contributed by atoms with Crippen LogP contribution in [-0.4, -0.2) is 81.2 Å². The minimum Gasteiger partial charge on any atom is -0.573 e. The molecule has 5 aromatic rings. The van der Waals surface area contributed by atoms with Crippen LogP contribution < -0.4 is 25.2 Å².